The van der Waals surface area contributed by atoms with Crippen LogP contribution in [0.25, 0.3) is 0 Å². The van der Waals surface area contributed by atoms with Crippen LogP contribution in [0.3, 0.4) is 0 Å². The molecule has 0 bridgehead atoms. The van der Waals surface area contributed by atoms with E-state index in [1.807, 2.05) is 4.90 Å². The first-order valence-electron chi connectivity index (χ1n) is 4.60. The third kappa shape index (κ3) is 1.81. The third-order valence-corrected chi connectivity index (χ3v) is 2.64. The Bertz CT molecular complexity index is 334. The van der Waals surface area contributed by atoms with Crippen molar-refractivity contribution >= 4 is 17.4 Å². The van der Waals surface area contributed by atoms with Crippen LogP contribution in [-0.4, -0.2) is 33.8 Å². The summed E-state index contributed by atoms with van der Waals surface area (Å²) in [6.45, 7) is 2.68. The maximum atomic E-state index is 9.48. The summed E-state index contributed by atoms with van der Waals surface area (Å²) in [6, 6.07) is 2.11. The fourth-order valence-electron chi connectivity index (χ4n) is 1.81. The lowest BCUT2D eigenvalue weighted by Gasteiger charge is -2.21. The van der Waals surface area contributed by atoms with E-state index in [4.69, 9.17) is 11.6 Å². The predicted molar refractivity (Wildman–Crippen MR) is 54.5 cm³/mol. The minimum Gasteiger partial charge on any atom is -0.391 e. The number of aliphatic hydroxyl groups excluding tert-OH is 1. The van der Waals surface area contributed by atoms with E-state index in [1.165, 1.54) is 0 Å². The minimum atomic E-state index is -0.265. The summed E-state index contributed by atoms with van der Waals surface area (Å²) in [5, 5.41) is 9.73. The quantitative estimate of drug-likeness (QED) is 0.710. The van der Waals surface area contributed by atoms with Gasteiger partial charge in [-0.25, -0.2) is 9.97 Å². The lowest BCUT2D eigenvalue weighted by atomic mass is 10.2. The highest BCUT2D eigenvalue weighted by atomic mass is 35.5. The summed E-state index contributed by atoms with van der Waals surface area (Å²) in [7, 11) is 0. The second-order valence-corrected chi connectivity index (χ2v) is 3.91. The fraction of sp³-hybridized carbons (Fsp3) is 0.556. The molecule has 5 heteroatoms. The van der Waals surface area contributed by atoms with Crippen molar-refractivity contribution < 1.29 is 5.11 Å². The van der Waals surface area contributed by atoms with Gasteiger partial charge in [-0.15, -0.1) is 0 Å². The van der Waals surface area contributed by atoms with Gasteiger partial charge >= 0.3 is 0 Å². The van der Waals surface area contributed by atoms with Crippen molar-refractivity contribution in [3.05, 3.63) is 17.5 Å². The minimum absolute atomic E-state index is 0.246. The highest BCUT2D eigenvalue weighted by Gasteiger charge is 2.28. The van der Waals surface area contributed by atoms with E-state index in [9.17, 15) is 5.11 Å². The number of hydrogen-bond acceptors (Lipinski definition) is 4. The number of β-amino-alcohol motifs (C(OH)–C–C–N with tert-alkyl or cyclic N) is 1. The van der Waals surface area contributed by atoms with Crippen molar-refractivity contribution in [3.8, 4) is 0 Å². The molecule has 2 heterocycles. The average Bonchev–Trinajstić information content (AvgIpc) is 2.45. The van der Waals surface area contributed by atoms with Crippen LogP contribution in [0.4, 0.5) is 5.82 Å². The van der Waals surface area contributed by atoms with Gasteiger partial charge in [-0.2, -0.15) is 0 Å². The lowest BCUT2D eigenvalue weighted by molar-refractivity contribution is 0.195. The van der Waals surface area contributed by atoms with Crippen LogP contribution in [-0.2, 0) is 0 Å². The first kappa shape index (κ1) is 9.68. The zero-order valence-corrected chi connectivity index (χ0v) is 8.65. The molecule has 0 aromatic carbocycles. The molecule has 4 nitrogen and oxygen atoms in total. The van der Waals surface area contributed by atoms with Gasteiger partial charge in [0.25, 0.3) is 0 Å². The van der Waals surface area contributed by atoms with Gasteiger partial charge in [-0.1, -0.05) is 0 Å². The zero-order chi connectivity index (χ0) is 10.1. The van der Waals surface area contributed by atoms with E-state index in [2.05, 4.69) is 16.9 Å². The molecule has 1 fully saturated rings. The van der Waals surface area contributed by atoms with Crippen LogP contribution in [0, 0.1) is 0 Å². The van der Waals surface area contributed by atoms with E-state index in [0.29, 0.717) is 12.6 Å². The summed E-state index contributed by atoms with van der Waals surface area (Å²) < 4.78 is 0. The predicted octanol–water partition coefficient (Wildman–Crippen LogP) is 1.09. The first-order valence-corrected chi connectivity index (χ1v) is 4.98. The van der Waals surface area contributed by atoms with Crippen LogP contribution in [0.2, 0.25) is 5.28 Å². The molecule has 0 amide bonds. The number of aromatic nitrogens is 2. The summed E-state index contributed by atoms with van der Waals surface area (Å²) in [6.07, 6.45) is 2.14. The van der Waals surface area contributed by atoms with Crippen LogP contribution in [0.15, 0.2) is 12.3 Å². The lowest BCUT2D eigenvalue weighted by Crippen LogP contribution is -2.28. The van der Waals surface area contributed by atoms with Crippen LogP contribution in [0.5, 0.6) is 0 Å². The normalized spacial score (nSPS) is 26.9. The molecular formula is C9H12ClN3O. The van der Waals surface area contributed by atoms with Crippen molar-refractivity contribution in [2.75, 3.05) is 11.4 Å². The fourth-order valence-corrected chi connectivity index (χ4v) is 1.95. The van der Waals surface area contributed by atoms with Crippen LogP contribution >= 0.6 is 11.6 Å². The SMILES string of the molecule is CC1CC(O)CN1c1ccnc(Cl)n1. The Kier molecular flexibility index (Phi) is 2.56. The van der Waals surface area contributed by atoms with E-state index < -0.39 is 0 Å². The van der Waals surface area contributed by atoms with Gasteiger partial charge in [0.15, 0.2) is 0 Å². The molecule has 0 spiro atoms. The van der Waals surface area contributed by atoms with Crippen LogP contribution < -0.4 is 4.90 Å². The molecule has 76 valence electrons. The highest BCUT2D eigenvalue weighted by Crippen LogP contribution is 2.23. The van der Waals surface area contributed by atoms with Crippen LogP contribution in [0.1, 0.15) is 13.3 Å². The van der Waals surface area contributed by atoms with Gasteiger partial charge in [-0.3, -0.25) is 0 Å². The molecule has 0 radical (unpaired) electrons. The topological polar surface area (TPSA) is 49.2 Å². The molecule has 1 aliphatic heterocycles. The smallest absolute Gasteiger partial charge is 0.224 e. The number of aliphatic hydroxyl groups is 1. The van der Waals surface area contributed by atoms with E-state index in [0.717, 1.165) is 12.2 Å². The van der Waals surface area contributed by atoms with Gasteiger partial charge in [-0.05, 0) is 31.0 Å². The maximum absolute atomic E-state index is 9.48. The summed E-state index contributed by atoms with van der Waals surface area (Å²) >= 11 is 5.70. The second kappa shape index (κ2) is 3.71. The molecule has 1 aliphatic rings. The van der Waals surface area contributed by atoms with E-state index in [-0.39, 0.29) is 11.4 Å². The number of halogens is 1. The summed E-state index contributed by atoms with van der Waals surface area (Å²) in [5.74, 6) is 0.786. The molecule has 2 atom stereocenters. The van der Waals surface area contributed by atoms with Crippen molar-refractivity contribution in [2.24, 2.45) is 0 Å². The Hall–Kier alpha value is -0.870. The molecule has 1 N–H and O–H groups in total. The van der Waals surface area contributed by atoms with Gasteiger partial charge in [0, 0.05) is 18.8 Å². The number of hydrogen-bond donors (Lipinski definition) is 1. The first-order chi connectivity index (χ1) is 6.66. The molecule has 14 heavy (non-hydrogen) atoms. The second-order valence-electron chi connectivity index (χ2n) is 3.57. The molecule has 2 unspecified atom stereocenters. The van der Waals surface area contributed by atoms with E-state index >= 15 is 0 Å². The molecule has 1 saturated heterocycles. The maximum Gasteiger partial charge on any atom is 0.224 e. The molecule has 1 aromatic rings. The molecule has 0 saturated carbocycles. The Morgan fingerprint density at radius 3 is 3.00 bits per heavy atom. The average molecular weight is 214 g/mol. The standard InChI is InChI=1S/C9H12ClN3O/c1-6-4-7(14)5-13(6)8-2-3-11-9(10)12-8/h2-3,6-7,14H,4-5H2,1H3. The van der Waals surface area contributed by atoms with Gasteiger partial charge in [0.2, 0.25) is 5.28 Å². The molecule has 2 rings (SSSR count). The summed E-state index contributed by atoms with van der Waals surface area (Å²) in [5.41, 5.74) is 0. The monoisotopic (exact) mass is 213 g/mol. The van der Waals surface area contributed by atoms with Crippen molar-refractivity contribution in [1.82, 2.24) is 9.97 Å². The van der Waals surface area contributed by atoms with Gasteiger partial charge < -0.3 is 10.0 Å². The molecular weight excluding hydrogens is 202 g/mol. The zero-order valence-electron chi connectivity index (χ0n) is 7.89. The number of nitrogens with zero attached hydrogens (tertiary/aromatic N) is 3. The van der Waals surface area contributed by atoms with Crippen molar-refractivity contribution in [1.29, 1.82) is 0 Å². The summed E-state index contributed by atoms with van der Waals surface area (Å²) in [4.78, 5) is 9.97. The van der Waals surface area contributed by atoms with Gasteiger partial charge in [0.1, 0.15) is 5.82 Å². The van der Waals surface area contributed by atoms with Gasteiger partial charge in [0.05, 0.1) is 6.10 Å². The Balaban J connectivity index is 2.23. The van der Waals surface area contributed by atoms with E-state index in [1.54, 1.807) is 12.3 Å². The number of anilines is 1. The third-order valence-electron chi connectivity index (χ3n) is 2.46. The molecule has 0 aliphatic carbocycles. The molecule has 1 aromatic heterocycles. The number of rotatable bonds is 1. The van der Waals surface area contributed by atoms with Crippen molar-refractivity contribution in [2.45, 2.75) is 25.5 Å². The Morgan fingerprint density at radius 2 is 2.43 bits per heavy atom. The Morgan fingerprint density at radius 1 is 1.64 bits per heavy atom. The van der Waals surface area contributed by atoms with Crippen molar-refractivity contribution in [3.63, 3.8) is 0 Å². The largest absolute Gasteiger partial charge is 0.391 e. The Labute approximate surface area is 87.5 Å². The highest BCUT2D eigenvalue weighted by molar-refractivity contribution is 6.28.